The number of nitrogens with one attached hydrogen (secondary N) is 2. The van der Waals surface area contributed by atoms with E-state index in [1.165, 1.54) is 18.2 Å². The summed E-state index contributed by atoms with van der Waals surface area (Å²) in [5.41, 5.74) is 0.816. The van der Waals surface area contributed by atoms with Gasteiger partial charge in [0.15, 0.2) is 0 Å². The molecular formula is C13H15N3O4. The number of amides is 2. The van der Waals surface area contributed by atoms with E-state index < -0.39 is 4.92 Å². The summed E-state index contributed by atoms with van der Waals surface area (Å²) in [5.74, 6) is -0.300. The van der Waals surface area contributed by atoms with E-state index in [9.17, 15) is 19.7 Å². The van der Waals surface area contributed by atoms with Crippen LogP contribution < -0.4 is 10.6 Å². The first-order valence-electron chi connectivity index (χ1n) is 6.30. The van der Waals surface area contributed by atoms with Crippen LogP contribution in [-0.4, -0.2) is 29.3 Å². The number of nitro benzene ring substituents is 1. The van der Waals surface area contributed by atoms with Gasteiger partial charge in [-0.2, -0.15) is 0 Å². The number of nitrogens with zero attached hydrogens (tertiary/aromatic N) is 1. The van der Waals surface area contributed by atoms with Crippen LogP contribution in [0.15, 0.2) is 18.2 Å². The maximum atomic E-state index is 12.0. The van der Waals surface area contributed by atoms with Crippen molar-refractivity contribution in [2.24, 2.45) is 0 Å². The highest BCUT2D eigenvalue weighted by atomic mass is 16.6. The average Bonchev–Trinajstić information content (AvgIpc) is 2.40. The molecule has 1 aliphatic rings. The quantitative estimate of drug-likeness (QED) is 0.633. The van der Waals surface area contributed by atoms with Crippen LogP contribution in [0.5, 0.6) is 0 Å². The molecule has 1 aliphatic heterocycles. The number of hydrogen-bond donors (Lipinski definition) is 2. The van der Waals surface area contributed by atoms with Crippen LogP contribution in [-0.2, 0) is 4.79 Å². The van der Waals surface area contributed by atoms with Crippen molar-refractivity contribution in [3.8, 4) is 0 Å². The number of aryl methyl sites for hydroxylation is 1. The predicted molar refractivity (Wildman–Crippen MR) is 71.3 cm³/mol. The molecule has 7 heteroatoms. The maximum Gasteiger partial charge on any atom is 0.272 e. The van der Waals surface area contributed by atoms with Crippen molar-refractivity contribution in [3.63, 3.8) is 0 Å². The summed E-state index contributed by atoms with van der Waals surface area (Å²) in [6.45, 7) is 2.01. The van der Waals surface area contributed by atoms with Gasteiger partial charge in [-0.3, -0.25) is 19.7 Å². The molecule has 1 unspecified atom stereocenters. The van der Waals surface area contributed by atoms with E-state index in [0.717, 1.165) is 0 Å². The molecule has 2 rings (SSSR count). The minimum Gasteiger partial charge on any atom is -0.354 e. The minimum atomic E-state index is -0.478. The van der Waals surface area contributed by atoms with Gasteiger partial charge in [0, 0.05) is 36.2 Å². The van der Waals surface area contributed by atoms with Crippen LogP contribution >= 0.6 is 0 Å². The molecule has 0 bridgehead atoms. The Morgan fingerprint density at radius 1 is 1.50 bits per heavy atom. The summed E-state index contributed by atoms with van der Waals surface area (Å²) >= 11 is 0. The normalized spacial score (nSPS) is 18.2. The standard InChI is InChI=1S/C13H15N3O4/c1-8-6-9(2-4-11(8)16(19)20)13(18)15-10-3-5-12(17)14-7-10/h2,4,6,10H,3,5,7H2,1H3,(H,14,17)(H,15,18). The molecular weight excluding hydrogens is 262 g/mol. The fraction of sp³-hybridized carbons (Fsp3) is 0.385. The number of carbonyl (C=O) groups is 2. The second-order valence-corrected chi connectivity index (χ2v) is 4.77. The molecule has 0 aliphatic carbocycles. The number of rotatable bonds is 3. The van der Waals surface area contributed by atoms with Crippen molar-refractivity contribution in [3.05, 3.63) is 39.4 Å². The number of hydrogen-bond acceptors (Lipinski definition) is 4. The van der Waals surface area contributed by atoms with Crippen LogP contribution in [0.25, 0.3) is 0 Å². The summed E-state index contributed by atoms with van der Waals surface area (Å²) in [5, 5.41) is 16.2. The Hall–Kier alpha value is -2.44. The van der Waals surface area contributed by atoms with E-state index in [1.54, 1.807) is 6.92 Å². The van der Waals surface area contributed by atoms with Gasteiger partial charge in [-0.25, -0.2) is 0 Å². The van der Waals surface area contributed by atoms with Gasteiger partial charge in [0.2, 0.25) is 5.91 Å². The predicted octanol–water partition coefficient (Wildman–Crippen LogP) is 0.912. The molecule has 1 atom stereocenters. The van der Waals surface area contributed by atoms with Crippen molar-refractivity contribution in [1.29, 1.82) is 0 Å². The van der Waals surface area contributed by atoms with E-state index in [2.05, 4.69) is 10.6 Å². The minimum absolute atomic E-state index is 0.00789. The third-order valence-corrected chi connectivity index (χ3v) is 3.26. The highest BCUT2D eigenvalue weighted by Crippen LogP contribution is 2.19. The number of carbonyl (C=O) groups excluding carboxylic acids is 2. The lowest BCUT2D eigenvalue weighted by atomic mass is 10.1. The third kappa shape index (κ3) is 3.11. The molecule has 0 aromatic heterocycles. The number of piperidine rings is 1. The van der Waals surface area contributed by atoms with Crippen LogP contribution in [0.2, 0.25) is 0 Å². The molecule has 7 nitrogen and oxygen atoms in total. The van der Waals surface area contributed by atoms with Gasteiger partial charge in [0.1, 0.15) is 0 Å². The largest absolute Gasteiger partial charge is 0.354 e. The van der Waals surface area contributed by atoms with Gasteiger partial charge in [0.25, 0.3) is 11.6 Å². The zero-order chi connectivity index (χ0) is 14.7. The van der Waals surface area contributed by atoms with Crippen molar-refractivity contribution < 1.29 is 14.5 Å². The lowest BCUT2D eigenvalue weighted by molar-refractivity contribution is -0.385. The van der Waals surface area contributed by atoms with Crippen LogP contribution in [0.1, 0.15) is 28.8 Å². The number of nitro groups is 1. The van der Waals surface area contributed by atoms with Crippen molar-refractivity contribution >= 4 is 17.5 Å². The average molecular weight is 277 g/mol. The Labute approximate surface area is 115 Å². The van der Waals surface area contributed by atoms with Crippen molar-refractivity contribution in [2.75, 3.05) is 6.54 Å². The molecule has 1 fully saturated rings. The smallest absolute Gasteiger partial charge is 0.272 e. The topological polar surface area (TPSA) is 101 Å². The molecule has 0 spiro atoms. The lowest BCUT2D eigenvalue weighted by Crippen LogP contribution is -2.47. The summed E-state index contributed by atoms with van der Waals surface area (Å²) in [6, 6.07) is 4.15. The molecule has 0 saturated carbocycles. The Morgan fingerprint density at radius 3 is 2.80 bits per heavy atom. The van der Waals surface area contributed by atoms with Crippen LogP contribution in [0.3, 0.4) is 0 Å². The Kier molecular flexibility index (Phi) is 3.97. The molecule has 1 heterocycles. The van der Waals surface area contributed by atoms with E-state index >= 15 is 0 Å². The first kappa shape index (κ1) is 14.0. The first-order valence-corrected chi connectivity index (χ1v) is 6.30. The highest BCUT2D eigenvalue weighted by Gasteiger charge is 2.21. The zero-order valence-electron chi connectivity index (χ0n) is 11.0. The maximum absolute atomic E-state index is 12.0. The first-order chi connectivity index (χ1) is 9.47. The van der Waals surface area contributed by atoms with E-state index in [4.69, 9.17) is 0 Å². The second-order valence-electron chi connectivity index (χ2n) is 4.77. The molecule has 106 valence electrons. The van der Waals surface area contributed by atoms with Gasteiger partial charge in [0.05, 0.1) is 4.92 Å². The van der Waals surface area contributed by atoms with Gasteiger partial charge in [-0.1, -0.05) is 0 Å². The second kappa shape index (κ2) is 5.68. The monoisotopic (exact) mass is 277 g/mol. The highest BCUT2D eigenvalue weighted by molar-refractivity contribution is 5.95. The molecule has 20 heavy (non-hydrogen) atoms. The zero-order valence-corrected chi connectivity index (χ0v) is 11.0. The van der Waals surface area contributed by atoms with E-state index in [0.29, 0.717) is 30.5 Å². The van der Waals surface area contributed by atoms with Crippen molar-refractivity contribution in [2.45, 2.75) is 25.8 Å². The summed E-state index contributed by atoms with van der Waals surface area (Å²) < 4.78 is 0. The van der Waals surface area contributed by atoms with Crippen LogP contribution in [0, 0.1) is 17.0 Å². The van der Waals surface area contributed by atoms with Gasteiger partial charge < -0.3 is 10.6 Å². The molecule has 1 aromatic rings. The molecule has 1 aromatic carbocycles. The van der Waals surface area contributed by atoms with Crippen molar-refractivity contribution in [1.82, 2.24) is 10.6 Å². The molecule has 1 saturated heterocycles. The van der Waals surface area contributed by atoms with Gasteiger partial charge >= 0.3 is 0 Å². The van der Waals surface area contributed by atoms with E-state index in [-0.39, 0.29) is 23.5 Å². The van der Waals surface area contributed by atoms with Gasteiger partial charge in [-0.15, -0.1) is 0 Å². The Bertz CT molecular complexity index is 561. The summed E-state index contributed by atoms with van der Waals surface area (Å²) in [6.07, 6.45) is 0.994. The fourth-order valence-electron chi connectivity index (χ4n) is 2.13. The third-order valence-electron chi connectivity index (χ3n) is 3.26. The Morgan fingerprint density at radius 2 is 2.25 bits per heavy atom. The van der Waals surface area contributed by atoms with E-state index in [1.807, 2.05) is 0 Å². The molecule has 2 amide bonds. The summed E-state index contributed by atoms with van der Waals surface area (Å²) in [7, 11) is 0. The fourth-order valence-corrected chi connectivity index (χ4v) is 2.13. The lowest BCUT2D eigenvalue weighted by Gasteiger charge is -2.23. The number of benzene rings is 1. The summed E-state index contributed by atoms with van der Waals surface area (Å²) in [4.78, 5) is 33.3. The Balaban J connectivity index is 2.04. The molecule has 2 N–H and O–H groups in total. The SMILES string of the molecule is Cc1cc(C(=O)NC2CCC(=O)NC2)ccc1[N+](=O)[O-]. The molecule has 0 radical (unpaired) electrons. The van der Waals surface area contributed by atoms with Gasteiger partial charge in [-0.05, 0) is 25.5 Å². The van der Waals surface area contributed by atoms with Crippen LogP contribution in [0.4, 0.5) is 5.69 Å².